The Hall–Kier alpha value is -1.28. The number of hydrogen-bond donors (Lipinski definition) is 1. The standard InChI is InChI=1S/C12H14O4/c1-4-12(13,9-6-5-7-14-9)10-8-15-11(2,3)16-10/h1,5-7,10,13H,8H2,2-3H3/t10-,12-/m1/s1. The fourth-order valence-electron chi connectivity index (χ4n) is 1.71. The molecule has 1 fully saturated rings. The average Bonchev–Trinajstić information content (AvgIpc) is 2.86. The molecule has 16 heavy (non-hydrogen) atoms. The van der Waals surface area contributed by atoms with Crippen molar-refractivity contribution in [3.05, 3.63) is 24.2 Å². The number of ether oxygens (including phenoxy) is 2. The first-order chi connectivity index (χ1) is 7.48. The number of aliphatic hydroxyl groups is 1. The highest BCUT2D eigenvalue weighted by atomic mass is 16.7. The average molecular weight is 222 g/mol. The summed E-state index contributed by atoms with van der Waals surface area (Å²) in [5.41, 5.74) is -1.59. The first kappa shape index (κ1) is 11.2. The summed E-state index contributed by atoms with van der Waals surface area (Å²) in [6.45, 7) is 3.77. The smallest absolute Gasteiger partial charge is 0.212 e. The van der Waals surface area contributed by atoms with E-state index in [-0.39, 0.29) is 6.61 Å². The molecule has 2 rings (SSSR count). The minimum absolute atomic E-state index is 0.231. The largest absolute Gasteiger partial charge is 0.465 e. The Bertz CT molecular complexity index is 401. The SMILES string of the molecule is C#C[C@@](O)(c1ccco1)[C@H]1COC(C)(C)O1. The molecule has 2 heterocycles. The second-order valence-electron chi connectivity index (χ2n) is 4.21. The summed E-state index contributed by atoms with van der Waals surface area (Å²) in [7, 11) is 0. The molecule has 1 aliphatic rings. The van der Waals surface area contributed by atoms with Crippen LogP contribution in [0.2, 0.25) is 0 Å². The zero-order valence-electron chi connectivity index (χ0n) is 9.27. The lowest BCUT2D eigenvalue weighted by atomic mass is 9.95. The van der Waals surface area contributed by atoms with E-state index in [1.807, 2.05) is 0 Å². The Morgan fingerprint density at radius 1 is 1.62 bits per heavy atom. The molecule has 86 valence electrons. The van der Waals surface area contributed by atoms with E-state index in [0.717, 1.165) is 0 Å². The fourth-order valence-corrected chi connectivity index (χ4v) is 1.71. The van der Waals surface area contributed by atoms with Crippen molar-refractivity contribution < 1.29 is 19.0 Å². The normalized spacial score (nSPS) is 27.2. The third-order valence-corrected chi connectivity index (χ3v) is 2.59. The quantitative estimate of drug-likeness (QED) is 0.765. The van der Waals surface area contributed by atoms with E-state index in [9.17, 15) is 5.11 Å². The van der Waals surface area contributed by atoms with Gasteiger partial charge in [0.15, 0.2) is 11.5 Å². The molecule has 0 aliphatic carbocycles. The number of furan rings is 1. The van der Waals surface area contributed by atoms with Gasteiger partial charge in [0.25, 0.3) is 0 Å². The maximum absolute atomic E-state index is 10.4. The van der Waals surface area contributed by atoms with Gasteiger partial charge < -0.3 is 19.0 Å². The topological polar surface area (TPSA) is 51.8 Å². The summed E-state index contributed by atoms with van der Waals surface area (Å²) in [5, 5.41) is 10.4. The summed E-state index contributed by atoms with van der Waals surface area (Å²) in [6, 6.07) is 3.28. The molecule has 4 nitrogen and oxygen atoms in total. The zero-order valence-corrected chi connectivity index (χ0v) is 9.27. The van der Waals surface area contributed by atoms with Crippen molar-refractivity contribution in [1.29, 1.82) is 0 Å². The van der Waals surface area contributed by atoms with Crippen LogP contribution < -0.4 is 0 Å². The van der Waals surface area contributed by atoms with Crippen molar-refractivity contribution in [2.75, 3.05) is 6.61 Å². The molecule has 1 aromatic rings. The summed E-state index contributed by atoms with van der Waals surface area (Å²) in [5.74, 6) is 1.88. The highest BCUT2D eigenvalue weighted by Gasteiger charge is 2.48. The highest BCUT2D eigenvalue weighted by Crippen LogP contribution is 2.34. The minimum atomic E-state index is -1.59. The lowest BCUT2D eigenvalue weighted by molar-refractivity contribution is -0.163. The van der Waals surface area contributed by atoms with Crippen LogP contribution in [0, 0.1) is 12.3 Å². The van der Waals surface area contributed by atoms with E-state index < -0.39 is 17.5 Å². The van der Waals surface area contributed by atoms with Crippen molar-refractivity contribution >= 4 is 0 Å². The second kappa shape index (κ2) is 3.63. The molecule has 1 aromatic heterocycles. The molecule has 1 saturated heterocycles. The van der Waals surface area contributed by atoms with E-state index in [1.54, 1.807) is 26.0 Å². The van der Waals surface area contributed by atoms with Crippen LogP contribution in [0.1, 0.15) is 19.6 Å². The molecule has 1 N–H and O–H groups in total. The molecule has 0 amide bonds. The molecule has 1 aliphatic heterocycles. The first-order valence-corrected chi connectivity index (χ1v) is 5.04. The summed E-state index contributed by atoms with van der Waals surface area (Å²) in [4.78, 5) is 0. The summed E-state index contributed by atoms with van der Waals surface area (Å²) >= 11 is 0. The summed E-state index contributed by atoms with van der Waals surface area (Å²) < 4.78 is 16.1. The molecule has 0 unspecified atom stereocenters. The third kappa shape index (κ3) is 1.74. The fraction of sp³-hybridized carbons (Fsp3) is 0.500. The lowest BCUT2D eigenvalue weighted by Gasteiger charge is -2.26. The van der Waals surface area contributed by atoms with Crippen molar-refractivity contribution in [2.24, 2.45) is 0 Å². The van der Waals surface area contributed by atoms with Gasteiger partial charge in [0.2, 0.25) is 5.60 Å². The van der Waals surface area contributed by atoms with Gasteiger partial charge >= 0.3 is 0 Å². The molecule has 2 atom stereocenters. The van der Waals surface area contributed by atoms with Gasteiger partial charge in [-0.3, -0.25) is 0 Å². The van der Waals surface area contributed by atoms with Gasteiger partial charge in [-0.05, 0) is 26.0 Å². The van der Waals surface area contributed by atoms with Crippen LogP contribution in [0.25, 0.3) is 0 Å². The second-order valence-corrected chi connectivity index (χ2v) is 4.21. The Labute approximate surface area is 94.2 Å². The Balaban J connectivity index is 2.28. The monoisotopic (exact) mass is 222 g/mol. The van der Waals surface area contributed by atoms with Crippen LogP contribution in [-0.4, -0.2) is 23.6 Å². The molecule has 0 saturated carbocycles. The van der Waals surface area contributed by atoms with E-state index in [4.69, 9.17) is 20.3 Å². The van der Waals surface area contributed by atoms with Crippen LogP contribution in [0.5, 0.6) is 0 Å². The molecular formula is C12H14O4. The minimum Gasteiger partial charge on any atom is -0.465 e. The van der Waals surface area contributed by atoms with Gasteiger partial charge in [-0.2, -0.15) is 0 Å². The van der Waals surface area contributed by atoms with Crippen LogP contribution in [0.3, 0.4) is 0 Å². The van der Waals surface area contributed by atoms with Crippen LogP contribution in [0.4, 0.5) is 0 Å². The van der Waals surface area contributed by atoms with Gasteiger partial charge in [-0.25, -0.2) is 0 Å². The number of rotatable bonds is 2. The van der Waals surface area contributed by atoms with Gasteiger partial charge in [0, 0.05) is 0 Å². The predicted octanol–water partition coefficient (Wildman–Crippen LogP) is 1.25. The lowest BCUT2D eigenvalue weighted by Crippen LogP contribution is -2.40. The van der Waals surface area contributed by atoms with Crippen LogP contribution in [0.15, 0.2) is 22.8 Å². The number of hydrogen-bond acceptors (Lipinski definition) is 4. The van der Waals surface area contributed by atoms with E-state index >= 15 is 0 Å². The molecule has 0 radical (unpaired) electrons. The van der Waals surface area contributed by atoms with Crippen molar-refractivity contribution in [2.45, 2.75) is 31.3 Å². The van der Waals surface area contributed by atoms with E-state index in [2.05, 4.69) is 5.92 Å². The van der Waals surface area contributed by atoms with E-state index in [1.165, 1.54) is 6.26 Å². The van der Waals surface area contributed by atoms with Gasteiger partial charge in [0.1, 0.15) is 6.10 Å². The third-order valence-electron chi connectivity index (χ3n) is 2.59. The van der Waals surface area contributed by atoms with Gasteiger partial charge in [0.05, 0.1) is 12.9 Å². The van der Waals surface area contributed by atoms with E-state index in [0.29, 0.717) is 5.76 Å². The molecular weight excluding hydrogens is 208 g/mol. The van der Waals surface area contributed by atoms with Gasteiger partial charge in [-0.1, -0.05) is 5.92 Å². The molecule has 0 bridgehead atoms. The van der Waals surface area contributed by atoms with Crippen LogP contribution >= 0.6 is 0 Å². The maximum atomic E-state index is 10.4. The zero-order chi connectivity index (χ0) is 11.8. The van der Waals surface area contributed by atoms with Gasteiger partial charge in [-0.15, -0.1) is 6.42 Å². The van der Waals surface area contributed by atoms with Crippen molar-refractivity contribution in [3.63, 3.8) is 0 Å². The Morgan fingerprint density at radius 2 is 2.38 bits per heavy atom. The molecule has 4 heteroatoms. The molecule has 0 aromatic carbocycles. The summed E-state index contributed by atoms with van der Waals surface area (Å²) in [6.07, 6.45) is 6.20. The van der Waals surface area contributed by atoms with Crippen LogP contribution in [-0.2, 0) is 15.1 Å². The Kier molecular flexibility index (Phi) is 2.55. The Morgan fingerprint density at radius 3 is 2.81 bits per heavy atom. The highest BCUT2D eigenvalue weighted by molar-refractivity contribution is 5.25. The number of terminal acetylenes is 1. The first-order valence-electron chi connectivity index (χ1n) is 5.04. The van der Waals surface area contributed by atoms with Crippen molar-refractivity contribution in [1.82, 2.24) is 0 Å². The predicted molar refractivity (Wildman–Crippen MR) is 56.3 cm³/mol. The molecule has 0 spiro atoms. The van der Waals surface area contributed by atoms with Crippen molar-refractivity contribution in [3.8, 4) is 12.3 Å². The maximum Gasteiger partial charge on any atom is 0.212 e.